The molecule has 1 aromatic carbocycles. The maximum absolute atomic E-state index is 11.0. The lowest BCUT2D eigenvalue weighted by atomic mass is 10.1. The Labute approximate surface area is 99.6 Å². The highest BCUT2D eigenvalue weighted by Crippen LogP contribution is 2.22. The molecule has 17 heavy (non-hydrogen) atoms. The lowest BCUT2D eigenvalue weighted by Gasteiger charge is -2.27. The van der Waals surface area contributed by atoms with Crippen molar-refractivity contribution < 1.29 is 19.5 Å². The van der Waals surface area contributed by atoms with Crippen molar-refractivity contribution in [1.82, 2.24) is 0 Å². The number of hydrogen-bond acceptors (Lipinski definition) is 3. The first kappa shape index (κ1) is 13.2. The highest BCUT2D eigenvalue weighted by atomic mass is 16.7. The van der Waals surface area contributed by atoms with E-state index in [0.29, 0.717) is 6.41 Å². The zero-order valence-electron chi connectivity index (χ0n) is 10.0. The summed E-state index contributed by atoms with van der Waals surface area (Å²) in [5.41, 5.74) is -0.360. The fourth-order valence-corrected chi connectivity index (χ4v) is 1.27. The van der Waals surface area contributed by atoms with Crippen molar-refractivity contribution in [3.63, 3.8) is 0 Å². The van der Waals surface area contributed by atoms with Gasteiger partial charge in [-0.15, -0.1) is 0 Å². The van der Waals surface area contributed by atoms with Crippen LogP contribution in [0.3, 0.4) is 0 Å². The first-order valence-corrected chi connectivity index (χ1v) is 5.11. The molecule has 0 bridgehead atoms. The van der Waals surface area contributed by atoms with Crippen molar-refractivity contribution in [1.29, 1.82) is 0 Å². The second kappa shape index (κ2) is 4.97. The van der Waals surface area contributed by atoms with Crippen molar-refractivity contribution in [2.24, 2.45) is 0 Å². The lowest BCUT2D eigenvalue weighted by Crippen LogP contribution is -2.33. The summed E-state index contributed by atoms with van der Waals surface area (Å²) in [6.45, 7) is 5.31. The minimum Gasteiger partial charge on any atom is -0.478 e. The van der Waals surface area contributed by atoms with Gasteiger partial charge >= 0.3 is 5.97 Å². The Balaban J connectivity index is 3.12. The van der Waals surface area contributed by atoms with Crippen molar-refractivity contribution in [3.05, 3.63) is 29.8 Å². The molecule has 5 heteroatoms. The number of hydroxylamine groups is 1. The third-order valence-corrected chi connectivity index (χ3v) is 1.84. The summed E-state index contributed by atoms with van der Waals surface area (Å²) in [5, 5.41) is 9.94. The highest BCUT2D eigenvalue weighted by molar-refractivity contribution is 5.96. The minimum absolute atomic E-state index is 0.0175. The number of carboxylic acids is 1. The molecule has 0 aliphatic heterocycles. The van der Waals surface area contributed by atoms with Crippen LogP contribution in [0.2, 0.25) is 0 Å². The van der Waals surface area contributed by atoms with Crippen LogP contribution >= 0.6 is 0 Å². The predicted molar refractivity (Wildman–Crippen MR) is 62.8 cm³/mol. The number of para-hydroxylation sites is 1. The van der Waals surface area contributed by atoms with Crippen LogP contribution in [0.5, 0.6) is 0 Å². The summed E-state index contributed by atoms with van der Waals surface area (Å²) in [6.07, 6.45) is 0.451. The van der Waals surface area contributed by atoms with E-state index in [4.69, 9.17) is 9.94 Å². The van der Waals surface area contributed by atoms with E-state index in [-0.39, 0.29) is 11.3 Å². The summed E-state index contributed by atoms with van der Waals surface area (Å²) in [6, 6.07) is 6.17. The average molecular weight is 237 g/mol. The van der Waals surface area contributed by atoms with Crippen LogP contribution in [0.4, 0.5) is 5.69 Å². The number of carbonyl (C=O) groups is 2. The molecule has 0 radical (unpaired) electrons. The molecular weight excluding hydrogens is 222 g/mol. The van der Waals surface area contributed by atoms with Crippen LogP contribution < -0.4 is 5.06 Å². The molecular formula is C12H15NO4. The molecule has 0 aromatic heterocycles. The second-order valence-corrected chi connectivity index (χ2v) is 4.46. The summed E-state index contributed by atoms with van der Waals surface area (Å²) in [7, 11) is 0. The van der Waals surface area contributed by atoms with Crippen LogP contribution in [-0.2, 0) is 9.63 Å². The average Bonchev–Trinajstić information content (AvgIpc) is 2.24. The van der Waals surface area contributed by atoms with E-state index in [1.54, 1.807) is 32.9 Å². The fraction of sp³-hybridized carbons (Fsp3) is 0.333. The Morgan fingerprint density at radius 2 is 1.94 bits per heavy atom. The SMILES string of the molecule is CC(C)(C)ON(C=O)c1ccccc1C(=O)O. The van der Waals surface area contributed by atoms with Crippen LogP contribution in [0, 0.1) is 0 Å². The van der Waals surface area contributed by atoms with Gasteiger partial charge in [0.1, 0.15) is 0 Å². The van der Waals surface area contributed by atoms with Crippen molar-refractivity contribution >= 4 is 18.1 Å². The van der Waals surface area contributed by atoms with Crippen LogP contribution in [0.25, 0.3) is 0 Å². The van der Waals surface area contributed by atoms with E-state index in [1.165, 1.54) is 12.1 Å². The number of aromatic carboxylic acids is 1. The monoisotopic (exact) mass is 237 g/mol. The Bertz CT molecular complexity index is 423. The zero-order chi connectivity index (χ0) is 13.1. The topological polar surface area (TPSA) is 66.8 Å². The molecule has 5 nitrogen and oxygen atoms in total. The molecule has 92 valence electrons. The molecule has 0 fully saturated rings. The molecule has 0 saturated heterocycles. The number of hydrogen-bond donors (Lipinski definition) is 1. The normalized spacial score (nSPS) is 11.0. The molecule has 1 N–H and O–H groups in total. The van der Waals surface area contributed by atoms with E-state index < -0.39 is 11.6 Å². The number of anilines is 1. The molecule has 1 amide bonds. The van der Waals surface area contributed by atoms with Crippen molar-refractivity contribution in [2.75, 3.05) is 5.06 Å². The third-order valence-electron chi connectivity index (χ3n) is 1.84. The molecule has 0 spiro atoms. The summed E-state index contributed by atoms with van der Waals surface area (Å²) in [5.74, 6) is -1.11. The van der Waals surface area contributed by atoms with Gasteiger partial charge in [-0.3, -0.25) is 9.63 Å². The van der Waals surface area contributed by atoms with E-state index in [2.05, 4.69) is 0 Å². The third kappa shape index (κ3) is 3.57. The molecule has 0 atom stereocenters. The summed E-state index contributed by atoms with van der Waals surface area (Å²) in [4.78, 5) is 27.3. The quantitative estimate of drug-likeness (QED) is 0.643. The van der Waals surface area contributed by atoms with Gasteiger partial charge in [-0.25, -0.2) is 4.79 Å². The molecule has 1 aromatic rings. The first-order chi connectivity index (χ1) is 7.85. The van der Waals surface area contributed by atoms with Gasteiger partial charge in [0.2, 0.25) is 6.41 Å². The van der Waals surface area contributed by atoms with Crippen molar-refractivity contribution in [3.8, 4) is 0 Å². The fourth-order valence-electron chi connectivity index (χ4n) is 1.27. The molecule has 0 aliphatic carbocycles. The number of amides is 1. The Kier molecular flexibility index (Phi) is 3.85. The first-order valence-electron chi connectivity index (χ1n) is 5.11. The number of rotatable bonds is 4. The zero-order valence-corrected chi connectivity index (χ0v) is 10.0. The number of nitrogens with zero attached hydrogens (tertiary/aromatic N) is 1. The Hall–Kier alpha value is -1.88. The van der Waals surface area contributed by atoms with E-state index in [1.807, 2.05) is 0 Å². The van der Waals surface area contributed by atoms with Crippen LogP contribution in [-0.4, -0.2) is 23.1 Å². The van der Waals surface area contributed by atoms with Gasteiger partial charge in [0, 0.05) is 0 Å². The number of carboxylic acid groups (broad SMARTS) is 1. The maximum Gasteiger partial charge on any atom is 0.337 e. The molecule has 0 unspecified atom stereocenters. The Morgan fingerprint density at radius 1 is 1.35 bits per heavy atom. The minimum atomic E-state index is -1.11. The lowest BCUT2D eigenvalue weighted by molar-refractivity contribution is -0.120. The second-order valence-electron chi connectivity index (χ2n) is 4.46. The van der Waals surface area contributed by atoms with Gasteiger partial charge in [0.15, 0.2) is 0 Å². The van der Waals surface area contributed by atoms with Crippen LogP contribution in [0.15, 0.2) is 24.3 Å². The number of carbonyl (C=O) groups excluding carboxylic acids is 1. The standard InChI is InChI=1S/C12H15NO4/c1-12(2,3)17-13(8-14)10-7-5-4-6-9(10)11(15)16/h4-8H,1-3H3,(H,15,16). The smallest absolute Gasteiger partial charge is 0.337 e. The Morgan fingerprint density at radius 3 is 2.41 bits per heavy atom. The van der Waals surface area contributed by atoms with Gasteiger partial charge in [-0.05, 0) is 32.9 Å². The van der Waals surface area contributed by atoms with E-state index in [0.717, 1.165) is 5.06 Å². The molecule has 0 aliphatic rings. The van der Waals surface area contributed by atoms with Gasteiger partial charge in [0.05, 0.1) is 16.9 Å². The van der Waals surface area contributed by atoms with E-state index >= 15 is 0 Å². The van der Waals surface area contributed by atoms with E-state index in [9.17, 15) is 9.59 Å². The predicted octanol–water partition coefficient (Wildman–Crippen LogP) is 2.08. The maximum atomic E-state index is 11.0. The molecule has 1 rings (SSSR count). The molecule has 0 heterocycles. The van der Waals surface area contributed by atoms with Crippen molar-refractivity contribution in [2.45, 2.75) is 26.4 Å². The number of benzene rings is 1. The summed E-state index contributed by atoms with van der Waals surface area (Å²) < 4.78 is 0. The van der Waals surface area contributed by atoms with Gasteiger partial charge in [-0.1, -0.05) is 12.1 Å². The largest absolute Gasteiger partial charge is 0.478 e. The van der Waals surface area contributed by atoms with Gasteiger partial charge < -0.3 is 5.11 Å². The molecule has 0 saturated carbocycles. The van der Waals surface area contributed by atoms with Gasteiger partial charge in [0.25, 0.3) is 0 Å². The van der Waals surface area contributed by atoms with Crippen LogP contribution in [0.1, 0.15) is 31.1 Å². The highest BCUT2D eigenvalue weighted by Gasteiger charge is 2.21. The van der Waals surface area contributed by atoms with Gasteiger partial charge in [-0.2, -0.15) is 5.06 Å². The summed E-state index contributed by atoms with van der Waals surface area (Å²) >= 11 is 0.